The summed E-state index contributed by atoms with van der Waals surface area (Å²) in [5, 5.41) is 0. The third-order valence-electron chi connectivity index (χ3n) is 2.62. The van der Waals surface area contributed by atoms with Crippen molar-refractivity contribution in [3.05, 3.63) is 71.8 Å². The lowest BCUT2D eigenvalue weighted by molar-refractivity contribution is 0.821. The van der Waals surface area contributed by atoms with Gasteiger partial charge in [-0.25, -0.2) is 0 Å². The van der Waals surface area contributed by atoms with Crippen LogP contribution in [0.3, 0.4) is 0 Å². The van der Waals surface area contributed by atoms with Crippen LogP contribution in [0, 0.1) is 0 Å². The van der Waals surface area contributed by atoms with Gasteiger partial charge in [0.05, 0.1) is 0 Å². The lowest BCUT2D eigenvalue weighted by Crippen LogP contribution is -1.89. The molecule has 0 aliphatic rings. The Kier molecular flexibility index (Phi) is 5.35. The van der Waals surface area contributed by atoms with Gasteiger partial charge in [0, 0.05) is 0 Å². The summed E-state index contributed by atoms with van der Waals surface area (Å²) < 4.78 is 0. The summed E-state index contributed by atoms with van der Waals surface area (Å²) in [6, 6.07) is 21.4. The molecule has 16 heavy (non-hydrogen) atoms. The fraction of sp³-hybridized carbons (Fsp3) is 0.250. The molecular formula is C16H20. The van der Waals surface area contributed by atoms with Crippen molar-refractivity contribution in [2.45, 2.75) is 26.7 Å². The third kappa shape index (κ3) is 3.90. The number of aryl methyl sites for hydroxylation is 2. The Morgan fingerprint density at radius 1 is 0.562 bits per heavy atom. The first-order valence-electron chi connectivity index (χ1n) is 5.53. The smallest absolute Gasteiger partial charge is 0.0276 e. The predicted octanol–water partition coefficient (Wildman–Crippen LogP) is 4.50. The molecule has 0 saturated heterocycles. The van der Waals surface area contributed by atoms with E-state index in [4.69, 9.17) is 0 Å². The molecule has 0 atom stereocenters. The van der Waals surface area contributed by atoms with Gasteiger partial charge in [0.15, 0.2) is 0 Å². The third-order valence-corrected chi connectivity index (χ3v) is 2.62. The first-order valence-corrected chi connectivity index (χ1v) is 5.53. The van der Waals surface area contributed by atoms with Gasteiger partial charge >= 0.3 is 0 Å². The van der Waals surface area contributed by atoms with Gasteiger partial charge in [0.2, 0.25) is 0 Å². The molecule has 0 aliphatic carbocycles. The van der Waals surface area contributed by atoms with Crippen molar-refractivity contribution in [2.24, 2.45) is 0 Å². The van der Waals surface area contributed by atoms with Crippen LogP contribution in [0.1, 0.15) is 25.0 Å². The molecule has 2 aromatic carbocycles. The molecule has 0 unspecified atom stereocenters. The second kappa shape index (κ2) is 6.84. The zero-order chi connectivity index (χ0) is 10.3. The van der Waals surface area contributed by atoms with Gasteiger partial charge in [-0.15, -0.1) is 0 Å². The largest absolute Gasteiger partial charge is 0.0776 e. The molecule has 84 valence electrons. The van der Waals surface area contributed by atoms with Crippen molar-refractivity contribution < 1.29 is 0 Å². The SMILES string of the molecule is C.c1ccc(CCCc2ccccc2)cc1. The van der Waals surface area contributed by atoms with E-state index in [0.717, 1.165) is 0 Å². The van der Waals surface area contributed by atoms with E-state index in [1.807, 2.05) is 0 Å². The minimum Gasteiger partial charge on any atom is -0.0776 e. The van der Waals surface area contributed by atoms with Crippen LogP contribution < -0.4 is 0 Å². The lowest BCUT2D eigenvalue weighted by Gasteiger charge is -2.01. The maximum Gasteiger partial charge on any atom is -0.0276 e. The quantitative estimate of drug-likeness (QED) is 0.700. The molecule has 0 fully saturated rings. The highest BCUT2D eigenvalue weighted by molar-refractivity contribution is 5.17. The van der Waals surface area contributed by atoms with Gasteiger partial charge in [0.25, 0.3) is 0 Å². The number of benzene rings is 2. The first kappa shape index (κ1) is 12.5. The van der Waals surface area contributed by atoms with Crippen molar-refractivity contribution in [1.82, 2.24) is 0 Å². The Hall–Kier alpha value is -1.56. The van der Waals surface area contributed by atoms with E-state index in [1.165, 1.54) is 30.4 Å². The van der Waals surface area contributed by atoms with E-state index in [1.54, 1.807) is 0 Å². The highest BCUT2D eigenvalue weighted by atomic mass is 14.0. The van der Waals surface area contributed by atoms with Crippen LogP contribution in [-0.2, 0) is 12.8 Å². The highest BCUT2D eigenvalue weighted by Crippen LogP contribution is 2.07. The van der Waals surface area contributed by atoms with Crippen LogP contribution in [0.5, 0.6) is 0 Å². The lowest BCUT2D eigenvalue weighted by atomic mass is 10.0. The van der Waals surface area contributed by atoms with Crippen molar-refractivity contribution in [1.29, 1.82) is 0 Å². The second-order valence-corrected chi connectivity index (χ2v) is 3.82. The van der Waals surface area contributed by atoms with Crippen LogP contribution in [-0.4, -0.2) is 0 Å². The molecule has 0 aliphatic heterocycles. The maximum atomic E-state index is 2.20. The summed E-state index contributed by atoms with van der Waals surface area (Å²) in [4.78, 5) is 0. The average molecular weight is 212 g/mol. The molecule has 0 radical (unpaired) electrons. The molecule has 0 nitrogen and oxygen atoms in total. The van der Waals surface area contributed by atoms with Gasteiger partial charge in [-0.1, -0.05) is 68.1 Å². The fourth-order valence-electron chi connectivity index (χ4n) is 1.79. The summed E-state index contributed by atoms with van der Waals surface area (Å²) in [6.45, 7) is 0. The minimum absolute atomic E-state index is 0. The van der Waals surface area contributed by atoms with Crippen LogP contribution in [0.15, 0.2) is 60.7 Å². The first-order chi connectivity index (χ1) is 7.45. The second-order valence-electron chi connectivity index (χ2n) is 3.82. The van der Waals surface area contributed by atoms with Crippen LogP contribution in [0.4, 0.5) is 0 Å². The summed E-state index contributed by atoms with van der Waals surface area (Å²) in [5.41, 5.74) is 2.88. The van der Waals surface area contributed by atoms with Crippen molar-refractivity contribution in [2.75, 3.05) is 0 Å². The van der Waals surface area contributed by atoms with E-state index < -0.39 is 0 Å². The molecule has 2 aromatic rings. The van der Waals surface area contributed by atoms with Gasteiger partial charge in [-0.3, -0.25) is 0 Å². The zero-order valence-electron chi connectivity index (χ0n) is 8.89. The summed E-state index contributed by atoms with van der Waals surface area (Å²) in [6.07, 6.45) is 3.58. The molecule has 0 spiro atoms. The van der Waals surface area contributed by atoms with Gasteiger partial charge in [-0.2, -0.15) is 0 Å². The Balaban J connectivity index is 0.00000128. The van der Waals surface area contributed by atoms with E-state index >= 15 is 0 Å². The molecule has 0 heteroatoms. The topological polar surface area (TPSA) is 0 Å². The molecule has 0 bridgehead atoms. The Bertz CT molecular complexity index is 336. The summed E-state index contributed by atoms with van der Waals surface area (Å²) in [5.74, 6) is 0. The Morgan fingerprint density at radius 2 is 0.938 bits per heavy atom. The fourth-order valence-corrected chi connectivity index (χ4v) is 1.79. The van der Waals surface area contributed by atoms with E-state index in [-0.39, 0.29) is 7.43 Å². The number of hydrogen-bond donors (Lipinski definition) is 0. The van der Waals surface area contributed by atoms with Gasteiger partial charge < -0.3 is 0 Å². The Labute approximate surface area is 99.0 Å². The molecule has 0 saturated carbocycles. The van der Waals surface area contributed by atoms with Gasteiger partial charge in [0.1, 0.15) is 0 Å². The van der Waals surface area contributed by atoms with Crippen LogP contribution in [0.25, 0.3) is 0 Å². The number of rotatable bonds is 4. The van der Waals surface area contributed by atoms with Crippen LogP contribution >= 0.6 is 0 Å². The van der Waals surface area contributed by atoms with Crippen LogP contribution in [0.2, 0.25) is 0 Å². The molecule has 2 rings (SSSR count). The average Bonchev–Trinajstić information content (AvgIpc) is 2.32. The van der Waals surface area contributed by atoms with E-state index in [9.17, 15) is 0 Å². The molecule has 0 aromatic heterocycles. The molecule has 0 heterocycles. The Morgan fingerprint density at radius 3 is 1.31 bits per heavy atom. The zero-order valence-corrected chi connectivity index (χ0v) is 8.89. The summed E-state index contributed by atoms with van der Waals surface area (Å²) in [7, 11) is 0. The van der Waals surface area contributed by atoms with Crippen molar-refractivity contribution in [3.8, 4) is 0 Å². The van der Waals surface area contributed by atoms with Crippen molar-refractivity contribution >= 4 is 0 Å². The summed E-state index contributed by atoms with van der Waals surface area (Å²) >= 11 is 0. The predicted molar refractivity (Wildman–Crippen MR) is 71.6 cm³/mol. The molecule has 0 amide bonds. The number of hydrogen-bond acceptors (Lipinski definition) is 0. The van der Waals surface area contributed by atoms with E-state index in [2.05, 4.69) is 60.7 Å². The van der Waals surface area contributed by atoms with E-state index in [0.29, 0.717) is 0 Å². The molecule has 0 N–H and O–H groups in total. The van der Waals surface area contributed by atoms with Crippen molar-refractivity contribution in [3.63, 3.8) is 0 Å². The standard InChI is InChI=1S/C15H16.CH4/c1-3-8-14(9-4-1)12-7-13-15-10-5-2-6-11-15;/h1-6,8-11H,7,12-13H2;1H4. The van der Waals surface area contributed by atoms with Gasteiger partial charge in [-0.05, 0) is 30.4 Å². The normalized spacial score (nSPS) is 9.50. The highest BCUT2D eigenvalue weighted by Gasteiger charge is 1.93. The maximum absolute atomic E-state index is 2.20. The minimum atomic E-state index is 0. The molecular weight excluding hydrogens is 192 g/mol. The monoisotopic (exact) mass is 212 g/mol.